The Morgan fingerprint density at radius 3 is 1.35 bits per heavy atom. The van der Waals surface area contributed by atoms with Gasteiger partial charge in [0.25, 0.3) is 0 Å². The highest BCUT2D eigenvalue weighted by Crippen LogP contribution is 2.11. The van der Waals surface area contributed by atoms with Crippen LogP contribution in [0.1, 0.15) is 0 Å². The topological polar surface area (TPSA) is 104 Å². The molecule has 0 amide bonds. The van der Waals surface area contributed by atoms with E-state index in [4.69, 9.17) is 0 Å². The maximum Gasteiger partial charge on any atom is 0.508 e. The Morgan fingerprint density at radius 2 is 1.00 bits per heavy atom. The average Bonchev–Trinajstić information content (AvgIpc) is 2.63. The fraction of sp³-hybridized carbons (Fsp3) is 0.235. The van der Waals surface area contributed by atoms with Gasteiger partial charge < -0.3 is 9.47 Å². The molecule has 0 saturated heterocycles. The third kappa shape index (κ3) is 5.85. The summed E-state index contributed by atoms with van der Waals surface area (Å²) in [5, 5.41) is 0. The third-order valence-electron chi connectivity index (χ3n) is 3.35. The van der Waals surface area contributed by atoms with Crippen molar-refractivity contribution in [1.82, 2.24) is 0 Å². The lowest BCUT2D eigenvalue weighted by molar-refractivity contribution is 0.0640. The summed E-state index contributed by atoms with van der Waals surface area (Å²) in [5.41, 5.74) is 0. The first kappa shape index (κ1) is 19.9. The summed E-state index contributed by atoms with van der Waals surface area (Å²) in [6.07, 6.45) is -1.11. The van der Waals surface area contributed by atoms with Gasteiger partial charge >= 0.3 is 6.16 Å². The lowest BCUT2D eigenvalue weighted by atomic mass is 10.4. The van der Waals surface area contributed by atoms with Gasteiger partial charge in [-0.1, -0.05) is 36.4 Å². The van der Waals surface area contributed by atoms with E-state index < -0.39 is 37.3 Å². The van der Waals surface area contributed by atoms with Crippen molar-refractivity contribution in [3.8, 4) is 0 Å². The van der Waals surface area contributed by atoms with Crippen LogP contribution in [0.4, 0.5) is 4.79 Å². The van der Waals surface area contributed by atoms with E-state index in [0.717, 1.165) is 0 Å². The number of sulfone groups is 2. The molecule has 0 spiro atoms. The lowest BCUT2D eigenvalue weighted by Crippen LogP contribution is -2.19. The van der Waals surface area contributed by atoms with Crippen LogP contribution in [0.2, 0.25) is 0 Å². The Morgan fingerprint density at radius 1 is 0.654 bits per heavy atom. The highest BCUT2D eigenvalue weighted by atomic mass is 32.2. The highest BCUT2D eigenvalue weighted by molar-refractivity contribution is 7.91. The first-order valence-corrected chi connectivity index (χ1v) is 11.0. The van der Waals surface area contributed by atoms with Crippen LogP contribution in [0, 0.1) is 0 Å². The number of carbonyl (C=O) groups is 1. The Kier molecular flexibility index (Phi) is 6.76. The van der Waals surface area contributed by atoms with E-state index >= 15 is 0 Å². The Balaban J connectivity index is 1.74. The van der Waals surface area contributed by atoms with Crippen LogP contribution in [-0.4, -0.2) is 47.7 Å². The molecule has 0 radical (unpaired) electrons. The SMILES string of the molecule is O=C(OCCS(=O)(=O)c1ccccc1)OCCS(=O)(=O)c1ccccc1. The van der Waals surface area contributed by atoms with Gasteiger partial charge in [-0.05, 0) is 24.3 Å². The van der Waals surface area contributed by atoms with Gasteiger partial charge in [0.15, 0.2) is 19.7 Å². The van der Waals surface area contributed by atoms with Gasteiger partial charge in [0.2, 0.25) is 0 Å². The van der Waals surface area contributed by atoms with Gasteiger partial charge in [-0.3, -0.25) is 0 Å². The van der Waals surface area contributed by atoms with E-state index in [0.29, 0.717) is 0 Å². The highest BCUT2D eigenvalue weighted by Gasteiger charge is 2.17. The summed E-state index contributed by atoms with van der Waals surface area (Å²) >= 11 is 0. The molecule has 7 nitrogen and oxygen atoms in total. The Labute approximate surface area is 152 Å². The first-order chi connectivity index (χ1) is 12.3. The average molecular weight is 398 g/mol. The second-order valence-electron chi connectivity index (χ2n) is 5.21. The molecule has 0 fully saturated rings. The molecule has 2 rings (SSSR count). The fourth-order valence-corrected chi connectivity index (χ4v) is 4.22. The molecular formula is C17H18O7S2. The quantitative estimate of drug-likeness (QED) is 0.627. The monoisotopic (exact) mass is 398 g/mol. The molecule has 9 heteroatoms. The zero-order valence-corrected chi connectivity index (χ0v) is 15.4. The fourth-order valence-electron chi connectivity index (χ4n) is 2.00. The van der Waals surface area contributed by atoms with Gasteiger partial charge in [-0.25, -0.2) is 21.6 Å². The molecule has 26 heavy (non-hydrogen) atoms. The van der Waals surface area contributed by atoms with Crippen molar-refractivity contribution in [2.24, 2.45) is 0 Å². The van der Waals surface area contributed by atoms with Gasteiger partial charge in [-0.2, -0.15) is 0 Å². The van der Waals surface area contributed by atoms with Gasteiger partial charge in [0.1, 0.15) is 13.2 Å². The van der Waals surface area contributed by atoms with Gasteiger partial charge in [0, 0.05) is 0 Å². The summed E-state index contributed by atoms with van der Waals surface area (Å²) in [5.74, 6) is -0.789. The van der Waals surface area contributed by atoms with Gasteiger partial charge in [0.05, 0.1) is 21.3 Å². The largest absolute Gasteiger partial charge is 0.508 e. The number of carbonyl (C=O) groups excluding carboxylic acids is 1. The van der Waals surface area contributed by atoms with Crippen LogP contribution in [0.3, 0.4) is 0 Å². The number of ether oxygens (including phenoxy) is 2. The molecule has 0 unspecified atom stereocenters. The Hall–Kier alpha value is -2.39. The molecule has 140 valence electrons. The molecule has 2 aromatic rings. The van der Waals surface area contributed by atoms with Crippen molar-refractivity contribution in [3.63, 3.8) is 0 Å². The van der Waals surface area contributed by atoms with E-state index in [1.807, 2.05) is 0 Å². The molecule has 2 aromatic carbocycles. The summed E-state index contributed by atoms with van der Waals surface area (Å²) in [7, 11) is -7.13. The Bertz CT molecular complexity index is 844. The van der Waals surface area contributed by atoms with Crippen LogP contribution in [0.25, 0.3) is 0 Å². The van der Waals surface area contributed by atoms with E-state index in [1.54, 1.807) is 36.4 Å². The molecule has 0 atom stereocenters. The second-order valence-corrected chi connectivity index (χ2v) is 9.43. The zero-order valence-electron chi connectivity index (χ0n) is 13.8. The molecule has 0 heterocycles. The zero-order chi connectivity index (χ0) is 19.0. The van der Waals surface area contributed by atoms with Crippen molar-refractivity contribution >= 4 is 25.8 Å². The van der Waals surface area contributed by atoms with Gasteiger partial charge in [-0.15, -0.1) is 0 Å². The van der Waals surface area contributed by atoms with Crippen LogP contribution >= 0.6 is 0 Å². The molecular weight excluding hydrogens is 380 g/mol. The minimum atomic E-state index is -3.56. The predicted octanol–water partition coefficient (Wildman–Crippen LogP) is 2.09. The standard InChI is InChI=1S/C17H18O7S2/c18-17(23-11-13-25(19,20)15-7-3-1-4-8-15)24-12-14-26(21,22)16-9-5-2-6-10-16/h1-10H,11-14H2. The van der Waals surface area contributed by atoms with E-state index in [9.17, 15) is 21.6 Å². The second kappa shape index (κ2) is 8.81. The van der Waals surface area contributed by atoms with Crippen LogP contribution in [-0.2, 0) is 29.1 Å². The predicted molar refractivity (Wildman–Crippen MR) is 94.3 cm³/mol. The molecule has 0 aliphatic heterocycles. The number of rotatable bonds is 8. The maximum atomic E-state index is 12.0. The number of benzene rings is 2. The summed E-state index contributed by atoms with van der Waals surface area (Å²) < 4.78 is 57.4. The molecule has 0 saturated carbocycles. The van der Waals surface area contributed by atoms with Crippen LogP contribution in [0.5, 0.6) is 0 Å². The lowest BCUT2D eigenvalue weighted by Gasteiger charge is -2.08. The summed E-state index contributed by atoms with van der Waals surface area (Å²) in [6.45, 7) is -0.775. The molecule has 0 N–H and O–H groups in total. The normalized spacial score (nSPS) is 11.7. The van der Waals surface area contributed by atoms with Crippen molar-refractivity contribution < 1.29 is 31.1 Å². The van der Waals surface area contributed by atoms with Crippen molar-refractivity contribution in [3.05, 3.63) is 60.7 Å². The molecule has 0 aromatic heterocycles. The van der Waals surface area contributed by atoms with Crippen molar-refractivity contribution in [2.75, 3.05) is 24.7 Å². The van der Waals surface area contributed by atoms with Crippen LogP contribution < -0.4 is 0 Å². The third-order valence-corrected chi connectivity index (χ3v) is 6.74. The van der Waals surface area contributed by atoms with Crippen molar-refractivity contribution in [2.45, 2.75) is 9.79 Å². The first-order valence-electron chi connectivity index (χ1n) is 7.66. The molecule has 0 bridgehead atoms. The maximum absolute atomic E-state index is 12.0. The number of hydrogen-bond donors (Lipinski definition) is 0. The minimum absolute atomic E-state index is 0.130. The van der Waals surface area contributed by atoms with Crippen molar-refractivity contribution in [1.29, 1.82) is 0 Å². The van der Waals surface area contributed by atoms with Crippen LogP contribution in [0.15, 0.2) is 70.5 Å². The smallest absolute Gasteiger partial charge is 0.433 e. The van der Waals surface area contributed by atoms with E-state index in [2.05, 4.69) is 9.47 Å². The molecule has 0 aliphatic rings. The van der Waals surface area contributed by atoms with E-state index in [-0.39, 0.29) is 23.0 Å². The summed E-state index contributed by atoms with van der Waals surface area (Å²) in [6, 6.07) is 15.5. The molecule has 0 aliphatic carbocycles. The summed E-state index contributed by atoms with van der Waals surface area (Å²) in [4.78, 5) is 11.7. The minimum Gasteiger partial charge on any atom is -0.433 e. The number of hydrogen-bond acceptors (Lipinski definition) is 7. The van der Waals surface area contributed by atoms with E-state index in [1.165, 1.54) is 24.3 Å².